The number of carboxylic acid groups (broad SMARTS) is 1. The van der Waals surface area contributed by atoms with Gasteiger partial charge in [0.25, 0.3) is 5.97 Å². The van der Waals surface area contributed by atoms with Crippen molar-refractivity contribution in [2.45, 2.75) is 27.4 Å². The zero-order valence-electron chi connectivity index (χ0n) is 10.1. The molecule has 0 aliphatic rings. The quantitative estimate of drug-likeness (QED) is 0.604. The van der Waals surface area contributed by atoms with Gasteiger partial charge in [-0.25, -0.2) is 0 Å². The van der Waals surface area contributed by atoms with E-state index in [4.69, 9.17) is 19.7 Å². The first-order chi connectivity index (χ1) is 7.86. The van der Waals surface area contributed by atoms with Crippen LogP contribution in [0, 0.1) is 6.92 Å². The Morgan fingerprint density at radius 2 is 1.82 bits per heavy atom. The first-order valence-electron chi connectivity index (χ1n) is 4.95. The molecule has 2 N–H and O–H groups in total. The Hall–Kier alpha value is -1.88. The van der Waals surface area contributed by atoms with Gasteiger partial charge in [-0.1, -0.05) is 17.7 Å². The van der Waals surface area contributed by atoms with Crippen molar-refractivity contribution >= 4 is 11.9 Å². The minimum absolute atomic E-state index is 0.121. The molecule has 0 bridgehead atoms. The highest BCUT2D eigenvalue weighted by atomic mass is 16.5. The van der Waals surface area contributed by atoms with Gasteiger partial charge in [0.05, 0.1) is 6.61 Å². The van der Waals surface area contributed by atoms with Crippen molar-refractivity contribution < 1.29 is 24.5 Å². The van der Waals surface area contributed by atoms with Gasteiger partial charge in [-0.05, 0) is 13.0 Å². The summed E-state index contributed by atoms with van der Waals surface area (Å²) < 4.78 is 4.89. The fourth-order valence-electron chi connectivity index (χ4n) is 1.09. The molecular formula is C12H16O5. The van der Waals surface area contributed by atoms with Crippen LogP contribution in [0.15, 0.2) is 18.2 Å². The lowest BCUT2D eigenvalue weighted by atomic mass is 10.1. The van der Waals surface area contributed by atoms with Crippen LogP contribution >= 0.6 is 0 Å². The molecule has 17 heavy (non-hydrogen) atoms. The van der Waals surface area contributed by atoms with Crippen molar-refractivity contribution in [3.63, 3.8) is 0 Å². The molecule has 0 radical (unpaired) electrons. The van der Waals surface area contributed by atoms with Crippen LogP contribution in [-0.2, 0) is 16.2 Å². The molecule has 0 aliphatic heterocycles. The normalized spacial score (nSPS) is 8.94. The zero-order valence-corrected chi connectivity index (χ0v) is 10.1. The number of carboxylic acids is 1. The molecule has 94 valence electrons. The van der Waals surface area contributed by atoms with E-state index in [0.717, 1.165) is 12.5 Å². The highest BCUT2D eigenvalue weighted by molar-refractivity contribution is 5.69. The second-order valence-corrected chi connectivity index (χ2v) is 3.38. The zero-order chi connectivity index (χ0) is 13.4. The minimum Gasteiger partial charge on any atom is -0.481 e. The number of hydrogen-bond donors (Lipinski definition) is 2. The van der Waals surface area contributed by atoms with E-state index in [1.165, 1.54) is 6.92 Å². The van der Waals surface area contributed by atoms with Gasteiger partial charge >= 0.3 is 5.97 Å². The summed E-state index contributed by atoms with van der Waals surface area (Å²) >= 11 is 0. The van der Waals surface area contributed by atoms with E-state index in [1.54, 1.807) is 12.1 Å². The monoisotopic (exact) mass is 240 g/mol. The molecule has 5 nitrogen and oxygen atoms in total. The summed E-state index contributed by atoms with van der Waals surface area (Å²) in [6.07, 6.45) is 0. The van der Waals surface area contributed by atoms with Gasteiger partial charge in [-0.15, -0.1) is 0 Å². The molecule has 0 spiro atoms. The van der Waals surface area contributed by atoms with Crippen molar-refractivity contribution in [3.8, 4) is 5.75 Å². The Labute approximate surface area is 99.7 Å². The third-order valence-corrected chi connectivity index (χ3v) is 1.64. The molecule has 0 aromatic heterocycles. The topological polar surface area (TPSA) is 83.8 Å². The predicted molar refractivity (Wildman–Crippen MR) is 61.7 cm³/mol. The average molecular weight is 240 g/mol. The molecule has 0 atom stereocenters. The first kappa shape index (κ1) is 15.1. The predicted octanol–water partition coefficient (Wildman–Crippen LogP) is 1.50. The number of aryl methyl sites for hydroxylation is 1. The van der Waals surface area contributed by atoms with Gasteiger partial charge in [0.2, 0.25) is 0 Å². The molecule has 0 amide bonds. The van der Waals surface area contributed by atoms with Gasteiger partial charge in [-0.3, -0.25) is 9.59 Å². The number of aliphatic hydroxyl groups is 1. The molecule has 0 saturated carbocycles. The Morgan fingerprint density at radius 1 is 1.29 bits per heavy atom. The van der Waals surface area contributed by atoms with E-state index in [0.29, 0.717) is 11.3 Å². The van der Waals surface area contributed by atoms with Crippen LogP contribution in [0.3, 0.4) is 0 Å². The maximum absolute atomic E-state index is 10.7. The van der Waals surface area contributed by atoms with E-state index < -0.39 is 5.97 Å². The average Bonchev–Trinajstić information content (AvgIpc) is 2.19. The number of benzene rings is 1. The molecule has 0 unspecified atom stereocenters. The number of esters is 1. The lowest BCUT2D eigenvalue weighted by Crippen LogP contribution is -2.04. The number of rotatable bonds is 2. The van der Waals surface area contributed by atoms with Crippen molar-refractivity contribution in [2.24, 2.45) is 0 Å². The van der Waals surface area contributed by atoms with Crippen LogP contribution in [0.4, 0.5) is 0 Å². The SMILES string of the molecule is CC(=O)O.CC(=O)Oc1ccc(C)cc1CO. The van der Waals surface area contributed by atoms with Crippen LogP contribution in [0.5, 0.6) is 5.75 Å². The Morgan fingerprint density at radius 3 is 2.24 bits per heavy atom. The summed E-state index contributed by atoms with van der Waals surface area (Å²) in [4.78, 5) is 19.7. The number of carbonyl (C=O) groups excluding carboxylic acids is 1. The molecule has 1 aromatic carbocycles. The van der Waals surface area contributed by atoms with Gasteiger partial charge in [0.15, 0.2) is 0 Å². The van der Waals surface area contributed by atoms with Gasteiger partial charge in [-0.2, -0.15) is 0 Å². The maximum atomic E-state index is 10.7. The summed E-state index contributed by atoms with van der Waals surface area (Å²) in [6, 6.07) is 5.30. The molecule has 0 aliphatic carbocycles. The number of hydrogen-bond acceptors (Lipinski definition) is 4. The molecule has 0 saturated heterocycles. The lowest BCUT2D eigenvalue weighted by molar-refractivity contribution is -0.134. The summed E-state index contributed by atoms with van der Waals surface area (Å²) in [5.74, 6) is -0.779. The maximum Gasteiger partial charge on any atom is 0.308 e. The number of aliphatic hydroxyl groups excluding tert-OH is 1. The highest BCUT2D eigenvalue weighted by Gasteiger charge is 2.04. The summed E-state index contributed by atoms with van der Waals surface area (Å²) in [7, 11) is 0. The molecule has 0 heterocycles. The molecule has 1 aromatic rings. The van der Waals surface area contributed by atoms with Crippen LogP contribution in [0.2, 0.25) is 0 Å². The fourth-order valence-corrected chi connectivity index (χ4v) is 1.09. The second-order valence-electron chi connectivity index (χ2n) is 3.38. The van der Waals surface area contributed by atoms with Gasteiger partial charge in [0, 0.05) is 19.4 Å². The van der Waals surface area contributed by atoms with Gasteiger partial charge < -0.3 is 14.9 Å². The third kappa shape index (κ3) is 7.08. The van der Waals surface area contributed by atoms with Crippen LogP contribution < -0.4 is 4.74 Å². The molecule has 1 rings (SSSR count). The summed E-state index contributed by atoms with van der Waals surface area (Å²) in [6.45, 7) is 4.21. The van der Waals surface area contributed by atoms with E-state index in [-0.39, 0.29) is 12.6 Å². The molecule has 5 heteroatoms. The van der Waals surface area contributed by atoms with Crippen molar-refractivity contribution in [1.29, 1.82) is 0 Å². The van der Waals surface area contributed by atoms with Crippen molar-refractivity contribution in [3.05, 3.63) is 29.3 Å². The second kappa shape index (κ2) is 7.40. The third-order valence-electron chi connectivity index (χ3n) is 1.64. The molecular weight excluding hydrogens is 224 g/mol. The van der Waals surface area contributed by atoms with Gasteiger partial charge in [0.1, 0.15) is 5.75 Å². The van der Waals surface area contributed by atoms with Crippen molar-refractivity contribution in [1.82, 2.24) is 0 Å². The van der Waals surface area contributed by atoms with Crippen LogP contribution in [0.25, 0.3) is 0 Å². The summed E-state index contributed by atoms with van der Waals surface area (Å²) in [5.41, 5.74) is 1.66. The largest absolute Gasteiger partial charge is 0.481 e. The minimum atomic E-state index is -0.833. The smallest absolute Gasteiger partial charge is 0.308 e. The fraction of sp³-hybridized carbons (Fsp3) is 0.333. The van der Waals surface area contributed by atoms with Crippen LogP contribution in [-0.4, -0.2) is 22.2 Å². The Bertz CT molecular complexity index is 394. The summed E-state index contributed by atoms with van der Waals surface area (Å²) in [5, 5.41) is 16.4. The first-order valence-corrected chi connectivity index (χ1v) is 4.95. The highest BCUT2D eigenvalue weighted by Crippen LogP contribution is 2.19. The van der Waals surface area contributed by atoms with E-state index in [2.05, 4.69) is 0 Å². The number of ether oxygens (including phenoxy) is 1. The van der Waals surface area contributed by atoms with E-state index in [1.807, 2.05) is 13.0 Å². The van der Waals surface area contributed by atoms with E-state index in [9.17, 15) is 4.79 Å². The van der Waals surface area contributed by atoms with E-state index >= 15 is 0 Å². The molecule has 0 fully saturated rings. The van der Waals surface area contributed by atoms with Crippen molar-refractivity contribution in [2.75, 3.05) is 0 Å². The number of aliphatic carboxylic acids is 1. The Balaban J connectivity index is 0.000000557. The number of carbonyl (C=O) groups is 2. The lowest BCUT2D eigenvalue weighted by Gasteiger charge is -2.06. The van der Waals surface area contributed by atoms with Crippen LogP contribution in [0.1, 0.15) is 25.0 Å². The standard InChI is InChI=1S/C10H12O3.C2H4O2/c1-7-3-4-10(13-8(2)12)9(5-7)6-11;1-2(3)4/h3-5,11H,6H2,1-2H3;1H3,(H,3,4). The Kier molecular flexibility index (Phi) is 6.58.